The molecule has 3 rings (SSSR count). The Morgan fingerprint density at radius 1 is 1.15 bits per heavy atom. The highest BCUT2D eigenvalue weighted by Crippen LogP contribution is 2.25. The van der Waals surface area contributed by atoms with Gasteiger partial charge in [0.15, 0.2) is 0 Å². The van der Waals surface area contributed by atoms with Crippen LogP contribution < -0.4 is 4.72 Å². The lowest BCUT2D eigenvalue weighted by Gasteiger charge is -2.19. The number of hydrogen-bond donors (Lipinski definition) is 3. The van der Waals surface area contributed by atoms with Crippen LogP contribution in [0.15, 0.2) is 29.2 Å². The third-order valence-corrected chi connectivity index (χ3v) is 6.54. The largest absolute Gasteiger partial charge is 0.388 e. The van der Waals surface area contributed by atoms with Gasteiger partial charge in [0.05, 0.1) is 17.4 Å². The molecule has 1 amide bonds. The Hall–Kier alpha value is -1.52. The number of carbonyl (C=O) groups is 1. The maximum Gasteiger partial charge on any atom is 0.240 e. The monoisotopic (exact) mass is 398 g/mol. The van der Waals surface area contributed by atoms with Crippen molar-refractivity contribution in [1.82, 2.24) is 9.62 Å². The maximum atomic E-state index is 12.4. The van der Waals surface area contributed by atoms with Crippen molar-refractivity contribution in [2.75, 3.05) is 19.6 Å². The van der Waals surface area contributed by atoms with E-state index in [2.05, 4.69) is 4.72 Å². The summed E-state index contributed by atoms with van der Waals surface area (Å²) in [7, 11) is -3.76. The van der Waals surface area contributed by atoms with E-state index >= 15 is 0 Å². The molecule has 1 aromatic carbocycles. The van der Waals surface area contributed by atoms with Crippen LogP contribution >= 0.6 is 0 Å². The van der Waals surface area contributed by atoms with E-state index in [1.807, 2.05) is 6.92 Å². The summed E-state index contributed by atoms with van der Waals surface area (Å²) in [6.07, 6.45) is -2.36. The summed E-state index contributed by atoms with van der Waals surface area (Å²) in [4.78, 5) is 14.1. The molecule has 0 unspecified atom stereocenters. The minimum absolute atomic E-state index is 0.0283. The number of hydrogen-bond acceptors (Lipinski definition) is 6. The van der Waals surface area contributed by atoms with E-state index in [-0.39, 0.29) is 23.8 Å². The predicted octanol–water partition coefficient (Wildman–Crippen LogP) is -0.225. The minimum atomic E-state index is -3.76. The van der Waals surface area contributed by atoms with Gasteiger partial charge in [0.25, 0.3) is 0 Å². The fourth-order valence-electron chi connectivity index (χ4n) is 3.42. The zero-order valence-electron chi connectivity index (χ0n) is 15.2. The summed E-state index contributed by atoms with van der Waals surface area (Å²) in [6, 6.07) is 6.38. The van der Waals surface area contributed by atoms with E-state index in [1.165, 1.54) is 12.1 Å². The van der Waals surface area contributed by atoms with Gasteiger partial charge in [-0.15, -0.1) is 0 Å². The van der Waals surface area contributed by atoms with Crippen LogP contribution in [0.2, 0.25) is 0 Å². The van der Waals surface area contributed by atoms with E-state index in [9.17, 15) is 23.4 Å². The van der Waals surface area contributed by atoms with Crippen LogP contribution in [-0.4, -0.2) is 73.5 Å². The van der Waals surface area contributed by atoms with Gasteiger partial charge in [-0.3, -0.25) is 4.79 Å². The lowest BCUT2D eigenvalue weighted by atomic mass is 10.1. The second kappa shape index (κ2) is 8.24. The second-order valence-corrected chi connectivity index (χ2v) is 8.92. The fraction of sp³-hybridized carbons (Fsp3) is 0.611. The quantitative estimate of drug-likeness (QED) is 0.610. The molecule has 0 aromatic heterocycles. The van der Waals surface area contributed by atoms with Crippen molar-refractivity contribution in [1.29, 1.82) is 0 Å². The number of ether oxygens (including phenoxy) is 1. The molecule has 0 bridgehead atoms. The Morgan fingerprint density at radius 2 is 1.74 bits per heavy atom. The van der Waals surface area contributed by atoms with E-state index in [1.54, 1.807) is 17.0 Å². The van der Waals surface area contributed by atoms with Crippen LogP contribution in [-0.2, 0) is 19.6 Å². The van der Waals surface area contributed by atoms with Gasteiger partial charge in [-0.1, -0.05) is 17.7 Å². The molecule has 2 heterocycles. The summed E-state index contributed by atoms with van der Waals surface area (Å²) in [5, 5.41) is 20.3. The molecule has 2 fully saturated rings. The molecular formula is C18H26N2O6S. The summed E-state index contributed by atoms with van der Waals surface area (Å²) < 4.78 is 32.7. The average Bonchev–Trinajstić information content (AvgIpc) is 3.25. The van der Waals surface area contributed by atoms with Gasteiger partial charge >= 0.3 is 0 Å². The first-order chi connectivity index (χ1) is 12.8. The molecule has 2 aliphatic rings. The molecule has 8 nitrogen and oxygen atoms in total. The third kappa shape index (κ3) is 4.67. The first kappa shape index (κ1) is 20.2. The summed E-state index contributed by atoms with van der Waals surface area (Å²) >= 11 is 0. The maximum absolute atomic E-state index is 12.4. The number of likely N-dealkylation sites (tertiary alicyclic amines) is 1. The Morgan fingerprint density at radius 3 is 2.37 bits per heavy atom. The minimum Gasteiger partial charge on any atom is -0.388 e. The molecule has 150 valence electrons. The number of nitrogens with zero attached hydrogens (tertiary/aromatic N) is 1. The number of aliphatic hydroxyl groups excluding tert-OH is 2. The first-order valence-corrected chi connectivity index (χ1v) is 10.6. The van der Waals surface area contributed by atoms with Gasteiger partial charge in [0.1, 0.15) is 18.3 Å². The molecule has 0 aliphatic carbocycles. The van der Waals surface area contributed by atoms with E-state index < -0.39 is 34.4 Å². The molecule has 2 aliphatic heterocycles. The molecule has 9 heteroatoms. The van der Waals surface area contributed by atoms with Gasteiger partial charge in [0, 0.05) is 19.6 Å². The van der Waals surface area contributed by atoms with Crippen LogP contribution in [0, 0.1) is 6.92 Å². The lowest BCUT2D eigenvalue weighted by Crippen LogP contribution is -2.40. The van der Waals surface area contributed by atoms with Crippen molar-refractivity contribution < 1.29 is 28.2 Å². The van der Waals surface area contributed by atoms with Crippen LogP contribution in [0.25, 0.3) is 0 Å². The Bertz CT molecular complexity index is 761. The number of benzene rings is 1. The number of rotatable bonds is 6. The summed E-state index contributed by atoms with van der Waals surface area (Å²) in [6.45, 7) is 3.06. The van der Waals surface area contributed by atoms with E-state index in [0.29, 0.717) is 13.1 Å². The number of aliphatic hydroxyl groups is 2. The number of aryl methyl sites for hydroxylation is 1. The zero-order valence-corrected chi connectivity index (χ0v) is 16.1. The van der Waals surface area contributed by atoms with E-state index in [0.717, 1.165) is 18.4 Å². The van der Waals surface area contributed by atoms with Crippen molar-refractivity contribution in [2.45, 2.75) is 55.5 Å². The van der Waals surface area contributed by atoms with Crippen LogP contribution in [0.4, 0.5) is 0 Å². The van der Waals surface area contributed by atoms with Gasteiger partial charge in [0.2, 0.25) is 15.9 Å². The van der Waals surface area contributed by atoms with Crippen molar-refractivity contribution in [3.63, 3.8) is 0 Å². The number of sulfonamides is 1. The topological polar surface area (TPSA) is 116 Å². The average molecular weight is 398 g/mol. The number of carbonyl (C=O) groups excluding carboxylic acids is 1. The highest BCUT2D eigenvalue weighted by atomic mass is 32.2. The lowest BCUT2D eigenvalue weighted by molar-refractivity contribution is -0.134. The molecule has 2 saturated heterocycles. The highest BCUT2D eigenvalue weighted by Gasteiger charge is 2.44. The Kier molecular flexibility index (Phi) is 6.17. The number of amides is 1. The van der Waals surface area contributed by atoms with Gasteiger partial charge in [-0.25, -0.2) is 13.1 Å². The normalized spacial score (nSPS) is 28.6. The smallest absolute Gasteiger partial charge is 0.240 e. The molecular weight excluding hydrogens is 372 g/mol. The summed E-state index contributed by atoms with van der Waals surface area (Å²) in [5.74, 6) is -0.121. The first-order valence-electron chi connectivity index (χ1n) is 9.13. The number of nitrogens with one attached hydrogen (secondary N) is 1. The van der Waals surface area contributed by atoms with Crippen molar-refractivity contribution in [2.24, 2.45) is 0 Å². The molecule has 3 N–H and O–H groups in total. The van der Waals surface area contributed by atoms with Crippen molar-refractivity contribution in [3.05, 3.63) is 29.8 Å². The summed E-state index contributed by atoms with van der Waals surface area (Å²) in [5.41, 5.74) is 0.942. The van der Waals surface area contributed by atoms with Crippen LogP contribution in [0.1, 0.15) is 24.8 Å². The van der Waals surface area contributed by atoms with E-state index in [4.69, 9.17) is 4.74 Å². The van der Waals surface area contributed by atoms with Crippen molar-refractivity contribution in [3.8, 4) is 0 Å². The Labute approximate surface area is 159 Å². The van der Waals surface area contributed by atoms with Crippen LogP contribution in [0.3, 0.4) is 0 Å². The predicted molar refractivity (Wildman–Crippen MR) is 97.5 cm³/mol. The highest BCUT2D eigenvalue weighted by molar-refractivity contribution is 7.89. The second-order valence-electron chi connectivity index (χ2n) is 7.15. The molecule has 0 saturated carbocycles. The van der Waals surface area contributed by atoms with Gasteiger partial charge in [-0.05, 0) is 31.9 Å². The zero-order chi connectivity index (χ0) is 19.6. The Balaban J connectivity index is 1.57. The van der Waals surface area contributed by atoms with Gasteiger partial charge in [-0.2, -0.15) is 0 Å². The standard InChI is InChI=1S/C18H26N2O6S/c1-12-4-6-13(7-5-12)27(24,25)19-11-15-18(23)17(22)14(26-15)10-16(21)20-8-2-3-9-20/h4-7,14-15,17-19,22-23H,2-3,8-11H2,1H3/t14-,15-,17-,18+/m0/s1. The molecule has 27 heavy (non-hydrogen) atoms. The third-order valence-electron chi connectivity index (χ3n) is 5.10. The molecule has 4 atom stereocenters. The van der Waals surface area contributed by atoms with Crippen LogP contribution in [0.5, 0.6) is 0 Å². The SMILES string of the molecule is Cc1ccc(S(=O)(=O)NC[C@@H]2O[C@@H](CC(=O)N3CCCC3)[C@H](O)[C@@H]2O)cc1. The van der Waals surface area contributed by atoms with Gasteiger partial charge < -0.3 is 19.8 Å². The molecule has 0 radical (unpaired) electrons. The van der Waals surface area contributed by atoms with Crippen molar-refractivity contribution >= 4 is 15.9 Å². The molecule has 0 spiro atoms. The molecule has 1 aromatic rings. The fourth-order valence-corrected chi connectivity index (χ4v) is 4.47.